The van der Waals surface area contributed by atoms with Crippen molar-refractivity contribution < 1.29 is 5.11 Å². The highest BCUT2D eigenvalue weighted by molar-refractivity contribution is 7.99. The summed E-state index contributed by atoms with van der Waals surface area (Å²) in [6.45, 7) is 8.21. The predicted molar refractivity (Wildman–Crippen MR) is 80.6 cm³/mol. The molecule has 1 aliphatic rings. The smallest absolute Gasteiger partial charge is 0.0402 e. The molecule has 1 rings (SSSR count). The molecule has 0 aromatic carbocycles. The van der Waals surface area contributed by atoms with Crippen LogP contribution in [-0.2, 0) is 0 Å². The summed E-state index contributed by atoms with van der Waals surface area (Å²) < 4.78 is 0. The minimum absolute atomic E-state index is 0.250. The van der Waals surface area contributed by atoms with E-state index in [1.807, 2.05) is 0 Å². The van der Waals surface area contributed by atoms with E-state index in [4.69, 9.17) is 5.11 Å². The molecule has 0 saturated carbocycles. The van der Waals surface area contributed by atoms with Crippen LogP contribution in [0.25, 0.3) is 0 Å². The van der Waals surface area contributed by atoms with Crippen molar-refractivity contribution in [1.29, 1.82) is 0 Å². The Morgan fingerprint density at radius 1 is 1.06 bits per heavy atom. The Kier molecular flexibility index (Phi) is 20.5. The zero-order valence-electron chi connectivity index (χ0n) is 11.5. The number of aliphatic hydroxyl groups is 1. The van der Waals surface area contributed by atoms with Gasteiger partial charge in [0, 0.05) is 31.2 Å². The van der Waals surface area contributed by atoms with Gasteiger partial charge in [-0.2, -0.15) is 11.8 Å². The fraction of sp³-hybridized carbons (Fsp3) is 0.857. The minimum Gasteiger partial charge on any atom is -0.397 e. The van der Waals surface area contributed by atoms with E-state index in [1.54, 1.807) is 6.92 Å². The van der Waals surface area contributed by atoms with Crippen LogP contribution in [-0.4, -0.2) is 47.8 Å². The van der Waals surface area contributed by atoms with Gasteiger partial charge in [-0.1, -0.05) is 26.2 Å². The molecule has 0 unspecified atom stereocenters. The van der Waals surface area contributed by atoms with Crippen molar-refractivity contribution in [3.63, 3.8) is 0 Å². The van der Waals surface area contributed by atoms with E-state index in [0.29, 0.717) is 0 Å². The first kappa shape index (κ1) is 19.2. The Balaban J connectivity index is 0. The van der Waals surface area contributed by atoms with Gasteiger partial charge in [-0.05, 0) is 19.9 Å². The number of hydrogen-bond acceptors (Lipinski definition) is 3. The number of thioether (sulfide) groups is 1. The van der Waals surface area contributed by atoms with Gasteiger partial charge in [0.15, 0.2) is 0 Å². The topological polar surface area (TPSA) is 23.5 Å². The lowest BCUT2D eigenvalue weighted by molar-refractivity contribution is 0.294. The monoisotopic (exact) mass is 259 g/mol. The average molecular weight is 259 g/mol. The minimum atomic E-state index is 0.250. The molecular formula is C14H29NOS. The summed E-state index contributed by atoms with van der Waals surface area (Å²) in [4.78, 5) is 2.62. The fourth-order valence-electron chi connectivity index (χ4n) is 1.59. The number of hydrogen-bond donors (Lipinski definition) is 1. The van der Waals surface area contributed by atoms with Crippen molar-refractivity contribution in [2.75, 3.05) is 37.7 Å². The molecule has 1 heterocycles. The van der Waals surface area contributed by atoms with Gasteiger partial charge in [0.1, 0.15) is 0 Å². The molecule has 0 aliphatic carbocycles. The van der Waals surface area contributed by atoms with Crippen LogP contribution < -0.4 is 0 Å². The highest BCUT2D eigenvalue weighted by Crippen LogP contribution is 2.10. The zero-order chi connectivity index (χ0) is 13.4. The summed E-state index contributed by atoms with van der Waals surface area (Å²) in [5.74, 6) is 2.71. The van der Waals surface area contributed by atoms with E-state index in [2.05, 4.69) is 36.4 Å². The van der Waals surface area contributed by atoms with Crippen LogP contribution in [0.5, 0.6) is 0 Å². The Morgan fingerprint density at radius 3 is 2.06 bits per heavy atom. The van der Waals surface area contributed by atoms with Crippen molar-refractivity contribution in [2.24, 2.45) is 0 Å². The number of unbranched alkanes of at least 4 members (excludes halogenated alkanes) is 3. The van der Waals surface area contributed by atoms with Crippen LogP contribution in [0.3, 0.4) is 0 Å². The van der Waals surface area contributed by atoms with Crippen LogP contribution in [0, 0.1) is 12.8 Å². The van der Waals surface area contributed by atoms with Crippen molar-refractivity contribution in [2.45, 2.75) is 39.5 Å². The molecule has 1 saturated heterocycles. The van der Waals surface area contributed by atoms with Gasteiger partial charge in [-0.3, -0.25) is 0 Å². The largest absolute Gasteiger partial charge is 0.397 e. The van der Waals surface area contributed by atoms with Crippen molar-refractivity contribution >= 4 is 11.8 Å². The molecule has 3 heteroatoms. The van der Waals surface area contributed by atoms with Crippen LogP contribution >= 0.6 is 11.8 Å². The van der Waals surface area contributed by atoms with Crippen molar-refractivity contribution in [3.05, 3.63) is 0 Å². The van der Waals surface area contributed by atoms with Gasteiger partial charge in [-0.15, -0.1) is 12.8 Å². The fourth-order valence-corrected chi connectivity index (χ4v) is 2.57. The summed E-state index contributed by atoms with van der Waals surface area (Å²) in [5, 5.41) is 7.57. The molecule has 2 nitrogen and oxygen atoms in total. The van der Waals surface area contributed by atoms with Crippen LogP contribution in [0.15, 0.2) is 0 Å². The molecule has 0 aromatic rings. The van der Waals surface area contributed by atoms with Gasteiger partial charge >= 0.3 is 0 Å². The van der Waals surface area contributed by atoms with Crippen molar-refractivity contribution in [1.82, 2.24) is 4.90 Å². The average Bonchev–Trinajstić information content (AvgIpc) is 2.39. The first-order valence-corrected chi connectivity index (χ1v) is 7.74. The molecule has 0 amide bonds. The Labute approximate surface area is 112 Å². The van der Waals surface area contributed by atoms with Gasteiger partial charge in [0.25, 0.3) is 0 Å². The number of rotatable bonds is 5. The molecule has 1 fully saturated rings. The second-order valence-corrected chi connectivity index (χ2v) is 5.06. The molecular weight excluding hydrogens is 230 g/mol. The maximum atomic E-state index is 7.57. The van der Waals surface area contributed by atoms with E-state index in [0.717, 1.165) is 0 Å². The third-order valence-electron chi connectivity index (χ3n) is 2.43. The summed E-state index contributed by atoms with van der Waals surface area (Å²) in [7, 11) is 0. The molecule has 1 aliphatic heterocycles. The maximum absolute atomic E-state index is 7.57. The van der Waals surface area contributed by atoms with E-state index in [-0.39, 0.29) is 6.61 Å². The number of aliphatic hydroxyl groups excluding tert-OH is 1. The molecule has 0 spiro atoms. The second kappa shape index (κ2) is 18.2. The van der Waals surface area contributed by atoms with Crippen LogP contribution in [0.2, 0.25) is 0 Å². The summed E-state index contributed by atoms with van der Waals surface area (Å²) in [5.41, 5.74) is 0. The molecule has 0 radical (unpaired) electrons. The quantitative estimate of drug-likeness (QED) is 0.606. The molecule has 17 heavy (non-hydrogen) atoms. The first-order chi connectivity index (χ1) is 8.35. The summed E-state index contributed by atoms with van der Waals surface area (Å²) >= 11 is 2.10. The van der Waals surface area contributed by atoms with Gasteiger partial charge in [0.05, 0.1) is 0 Å². The SMILES string of the molecule is C#C.CCCCCCN1CCSCC1.CCO. The molecule has 0 bridgehead atoms. The third-order valence-corrected chi connectivity index (χ3v) is 3.37. The highest BCUT2D eigenvalue weighted by Gasteiger charge is 2.08. The molecule has 0 aromatic heterocycles. The molecule has 102 valence electrons. The predicted octanol–water partition coefficient (Wildman–Crippen LogP) is 2.86. The lowest BCUT2D eigenvalue weighted by Gasteiger charge is -2.25. The Bertz CT molecular complexity index is 144. The molecule has 0 atom stereocenters. The van der Waals surface area contributed by atoms with Gasteiger partial charge in [-0.25, -0.2) is 0 Å². The Morgan fingerprint density at radius 2 is 1.59 bits per heavy atom. The van der Waals surface area contributed by atoms with Crippen molar-refractivity contribution in [3.8, 4) is 12.8 Å². The third kappa shape index (κ3) is 15.8. The van der Waals surface area contributed by atoms with E-state index < -0.39 is 0 Å². The zero-order valence-corrected chi connectivity index (χ0v) is 12.3. The Hall–Kier alpha value is -0.170. The number of nitrogens with zero attached hydrogens (tertiary/aromatic N) is 1. The summed E-state index contributed by atoms with van der Waals surface area (Å²) in [6.07, 6.45) is 13.6. The molecule has 1 N–H and O–H groups in total. The van der Waals surface area contributed by atoms with Gasteiger partial charge in [0.2, 0.25) is 0 Å². The normalized spacial score (nSPS) is 15.1. The lowest BCUT2D eigenvalue weighted by atomic mass is 10.2. The first-order valence-electron chi connectivity index (χ1n) is 6.59. The van der Waals surface area contributed by atoms with E-state index in [9.17, 15) is 0 Å². The lowest BCUT2D eigenvalue weighted by Crippen LogP contribution is -2.33. The van der Waals surface area contributed by atoms with Crippen LogP contribution in [0.4, 0.5) is 0 Å². The van der Waals surface area contributed by atoms with Crippen LogP contribution in [0.1, 0.15) is 39.5 Å². The number of terminal acetylenes is 1. The second-order valence-electron chi connectivity index (χ2n) is 3.83. The van der Waals surface area contributed by atoms with E-state index >= 15 is 0 Å². The van der Waals surface area contributed by atoms with E-state index in [1.165, 1.54) is 56.8 Å². The highest BCUT2D eigenvalue weighted by atomic mass is 32.2. The standard InChI is InChI=1S/C10H21NS.C2H6O.C2H2/c1-2-3-4-5-6-11-7-9-12-10-8-11;1-2-3;1-2/h2-10H2,1H3;3H,2H2,1H3;1-2H. The van der Waals surface area contributed by atoms with Gasteiger partial charge < -0.3 is 10.0 Å². The summed E-state index contributed by atoms with van der Waals surface area (Å²) in [6, 6.07) is 0. The maximum Gasteiger partial charge on any atom is 0.0402 e.